The standard InChI is InChI=1S/C17H19NO2/c1-12-6-4-5-7-16(12)11-20-17-9-8-15(10-13(17)2)14(3)18-19/h4-10,19H,11H2,1-3H3/b18-14+. The number of ether oxygens (including phenoxy) is 1. The molecular weight excluding hydrogens is 250 g/mol. The van der Waals surface area contributed by atoms with Crippen LogP contribution in [0.1, 0.15) is 29.2 Å². The molecule has 0 spiro atoms. The monoisotopic (exact) mass is 269 g/mol. The van der Waals surface area contributed by atoms with Crippen LogP contribution in [0.5, 0.6) is 5.75 Å². The molecule has 2 rings (SSSR count). The van der Waals surface area contributed by atoms with Crippen LogP contribution in [0.4, 0.5) is 0 Å². The van der Waals surface area contributed by atoms with Crippen LogP contribution in [0.3, 0.4) is 0 Å². The molecule has 0 amide bonds. The zero-order valence-corrected chi connectivity index (χ0v) is 12.1. The van der Waals surface area contributed by atoms with E-state index in [1.165, 1.54) is 11.1 Å². The van der Waals surface area contributed by atoms with Crippen LogP contribution < -0.4 is 4.74 Å². The minimum atomic E-state index is 0.555. The van der Waals surface area contributed by atoms with Crippen molar-refractivity contribution < 1.29 is 9.94 Å². The lowest BCUT2D eigenvalue weighted by Gasteiger charge is -2.12. The molecule has 3 heteroatoms. The molecule has 1 N–H and O–H groups in total. The summed E-state index contributed by atoms with van der Waals surface area (Å²) >= 11 is 0. The van der Waals surface area contributed by atoms with Gasteiger partial charge in [-0.05, 0) is 61.2 Å². The van der Waals surface area contributed by atoms with E-state index in [0.717, 1.165) is 16.9 Å². The first-order valence-electron chi connectivity index (χ1n) is 6.59. The van der Waals surface area contributed by atoms with Crippen molar-refractivity contribution in [2.45, 2.75) is 27.4 Å². The maximum absolute atomic E-state index is 8.79. The molecule has 0 aromatic heterocycles. The van der Waals surface area contributed by atoms with Crippen molar-refractivity contribution in [3.05, 3.63) is 64.7 Å². The summed E-state index contributed by atoms with van der Waals surface area (Å²) in [6, 6.07) is 14.0. The number of aryl methyl sites for hydroxylation is 2. The molecule has 0 fully saturated rings. The van der Waals surface area contributed by atoms with E-state index in [-0.39, 0.29) is 0 Å². The van der Waals surface area contributed by atoms with Crippen molar-refractivity contribution in [3.63, 3.8) is 0 Å². The van der Waals surface area contributed by atoms with Crippen molar-refractivity contribution in [1.82, 2.24) is 0 Å². The molecule has 2 aromatic rings. The van der Waals surface area contributed by atoms with Gasteiger partial charge in [-0.3, -0.25) is 0 Å². The number of oxime groups is 1. The van der Waals surface area contributed by atoms with Gasteiger partial charge in [0, 0.05) is 0 Å². The Balaban J connectivity index is 2.13. The van der Waals surface area contributed by atoms with E-state index < -0.39 is 0 Å². The molecule has 0 unspecified atom stereocenters. The molecule has 20 heavy (non-hydrogen) atoms. The Bertz CT molecular complexity index is 633. The summed E-state index contributed by atoms with van der Waals surface area (Å²) in [4.78, 5) is 0. The van der Waals surface area contributed by atoms with Gasteiger partial charge in [0.25, 0.3) is 0 Å². The van der Waals surface area contributed by atoms with Gasteiger partial charge < -0.3 is 9.94 Å². The summed E-state index contributed by atoms with van der Waals surface area (Å²) in [5, 5.41) is 12.0. The maximum atomic E-state index is 8.79. The van der Waals surface area contributed by atoms with E-state index in [4.69, 9.17) is 9.94 Å². The van der Waals surface area contributed by atoms with Crippen LogP contribution in [0.25, 0.3) is 0 Å². The van der Waals surface area contributed by atoms with E-state index in [1.54, 1.807) is 6.92 Å². The first kappa shape index (κ1) is 14.1. The largest absolute Gasteiger partial charge is 0.489 e. The Labute approximate surface area is 119 Å². The average molecular weight is 269 g/mol. The molecule has 3 nitrogen and oxygen atoms in total. The molecule has 0 saturated carbocycles. The fraction of sp³-hybridized carbons (Fsp3) is 0.235. The van der Waals surface area contributed by atoms with Crippen molar-refractivity contribution >= 4 is 5.71 Å². The smallest absolute Gasteiger partial charge is 0.122 e. The number of hydrogen-bond donors (Lipinski definition) is 1. The molecule has 0 heterocycles. The van der Waals surface area contributed by atoms with Crippen LogP contribution in [-0.2, 0) is 6.61 Å². The summed E-state index contributed by atoms with van der Waals surface area (Å²) in [7, 11) is 0. The Morgan fingerprint density at radius 2 is 1.85 bits per heavy atom. The third-order valence-electron chi connectivity index (χ3n) is 3.39. The maximum Gasteiger partial charge on any atom is 0.122 e. The molecule has 0 aliphatic carbocycles. The zero-order chi connectivity index (χ0) is 14.5. The van der Waals surface area contributed by atoms with Crippen molar-refractivity contribution in [2.75, 3.05) is 0 Å². The fourth-order valence-electron chi connectivity index (χ4n) is 2.02. The molecule has 2 aromatic carbocycles. The van der Waals surface area contributed by atoms with Crippen LogP contribution in [-0.4, -0.2) is 10.9 Å². The van der Waals surface area contributed by atoms with Gasteiger partial charge in [-0.25, -0.2) is 0 Å². The van der Waals surface area contributed by atoms with E-state index in [1.807, 2.05) is 37.3 Å². The Morgan fingerprint density at radius 1 is 1.10 bits per heavy atom. The van der Waals surface area contributed by atoms with Gasteiger partial charge in [0.1, 0.15) is 12.4 Å². The summed E-state index contributed by atoms with van der Waals surface area (Å²) in [5.41, 5.74) is 4.93. The second kappa shape index (κ2) is 6.24. The lowest BCUT2D eigenvalue weighted by Crippen LogP contribution is -2.01. The molecule has 0 aliphatic heterocycles. The van der Waals surface area contributed by atoms with Crippen molar-refractivity contribution in [1.29, 1.82) is 0 Å². The second-order valence-corrected chi connectivity index (χ2v) is 4.88. The second-order valence-electron chi connectivity index (χ2n) is 4.88. The Morgan fingerprint density at radius 3 is 2.50 bits per heavy atom. The summed E-state index contributed by atoms with van der Waals surface area (Å²) in [6.07, 6.45) is 0. The van der Waals surface area contributed by atoms with Crippen LogP contribution in [0.15, 0.2) is 47.6 Å². The number of nitrogens with zero attached hydrogens (tertiary/aromatic N) is 1. The van der Waals surface area contributed by atoms with Gasteiger partial charge in [0.2, 0.25) is 0 Å². The normalized spacial score (nSPS) is 11.4. The third kappa shape index (κ3) is 3.18. The van der Waals surface area contributed by atoms with Crippen LogP contribution in [0.2, 0.25) is 0 Å². The lowest BCUT2D eigenvalue weighted by molar-refractivity contribution is 0.303. The summed E-state index contributed by atoms with van der Waals surface area (Å²) in [6.45, 7) is 6.39. The predicted octanol–water partition coefficient (Wildman–Crippen LogP) is 4.08. The van der Waals surface area contributed by atoms with Gasteiger partial charge in [-0.1, -0.05) is 29.4 Å². The quantitative estimate of drug-likeness (QED) is 0.516. The zero-order valence-electron chi connectivity index (χ0n) is 12.1. The average Bonchev–Trinajstić information content (AvgIpc) is 2.46. The van der Waals surface area contributed by atoms with Gasteiger partial charge in [-0.15, -0.1) is 0 Å². The Hall–Kier alpha value is -2.29. The van der Waals surface area contributed by atoms with E-state index in [0.29, 0.717) is 12.3 Å². The summed E-state index contributed by atoms with van der Waals surface area (Å²) < 4.78 is 5.87. The fourth-order valence-corrected chi connectivity index (χ4v) is 2.02. The highest BCUT2D eigenvalue weighted by molar-refractivity contribution is 5.98. The van der Waals surface area contributed by atoms with Crippen molar-refractivity contribution in [2.24, 2.45) is 5.16 Å². The van der Waals surface area contributed by atoms with E-state index >= 15 is 0 Å². The molecule has 104 valence electrons. The molecule has 0 atom stereocenters. The topological polar surface area (TPSA) is 41.8 Å². The Kier molecular flexibility index (Phi) is 4.41. The predicted molar refractivity (Wildman–Crippen MR) is 80.7 cm³/mol. The highest BCUT2D eigenvalue weighted by Gasteiger charge is 2.05. The van der Waals surface area contributed by atoms with Gasteiger partial charge >= 0.3 is 0 Å². The van der Waals surface area contributed by atoms with Crippen molar-refractivity contribution in [3.8, 4) is 5.75 Å². The first-order chi connectivity index (χ1) is 9.61. The minimum Gasteiger partial charge on any atom is -0.489 e. The number of hydrogen-bond acceptors (Lipinski definition) is 3. The van der Waals surface area contributed by atoms with E-state index in [9.17, 15) is 0 Å². The van der Waals surface area contributed by atoms with Gasteiger partial charge in [0.15, 0.2) is 0 Å². The number of rotatable bonds is 4. The van der Waals surface area contributed by atoms with E-state index in [2.05, 4.69) is 24.2 Å². The minimum absolute atomic E-state index is 0.555. The first-order valence-corrected chi connectivity index (χ1v) is 6.59. The number of benzene rings is 2. The summed E-state index contributed by atoms with van der Waals surface area (Å²) in [5.74, 6) is 0.850. The molecular formula is C17H19NO2. The van der Waals surface area contributed by atoms with Gasteiger partial charge in [0.05, 0.1) is 5.71 Å². The molecule has 0 radical (unpaired) electrons. The molecule has 0 saturated heterocycles. The molecule has 0 aliphatic rings. The van der Waals surface area contributed by atoms with Crippen LogP contribution in [0, 0.1) is 13.8 Å². The lowest BCUT2D eigenvalue weighted by atomic mass is 10.1. The van der Waals surface area contributed by atoms with Gasteiger partial charge in [-0.2, -0.15) is 0 Å². The third-order valence-corrected chi connectivity index (χ3v) is 3.39. The molecule has 0 bridgehead atoms. The SMILES string of the molecule is C/C(=N\O)c1ccc(OCc2ccccc2C)c(C)c1. The highest BCUT2D eigenvalue weighted by Crippen LogP contribution is 2.21. The highest BCUT2D eigenvalue weighted by atomic mass is 16.5. The van der Waals surface area contributed by atoms with Crippen LogP contribution >= 0.6 is 0 Å².